The molecule has 6 heteroatoms. The van der Waals surface area contributed by atoms with Crippen molar-refractivity contribution < 1.29 is 9.53 Å². The molecule has 130 valence electrons. The first-order valence-electron chi connectivity index (χ1n) is 8.55. The zero-order chi connectivity index (χ0) is 17.2. The SMILES string of the molecule is CCCCCc1nnc(NC(=O)CCc2ccc(OCC)cc2)s1. The molecular formula is C18H25N3O2S. The van der Waals surface area contributed by atoms with Crippen LogP contribution < -0.4 is 10.1 Å². The van der Waals surface area contributed by atoms with E-state index in [0.29, 0.717) is 24.6 Å². The molecule has 0 unspecified atom stereocenters. The second-order valence-electron chi connectivity index (χ2n) is 5.58. The third-order valence-corrected chi connectivity index (χ3v) is 4.48. The Morgan fingerprint density at radius 1 is 1.12 bits per heavy atom. The number of hydrogen-bond acceptors (Lipinski definition) is 5. The number of nitrogens with zero attached hydrogens (tertiary/aromatic N) is 2. The van der Waals surface area contributed by atoms with Crippen molar-refractivity contribution in [2.24, 2.45) is 0 Å². The molecule has 1 aromatic heterocycles. The maximum atomic E-state index is 12.0. The van der Waals surface area contributed by atoms with E-state index in [9.17, 15) is 4.79 Å². The molecule has 0 spiro atoms. The van der Waals surface area contributed by atoms with E-state index in [-0.39, 0.29) is 5.91 Å². The maximum absolute atomic E-state index is 12.0. The summed E-state index contributed by atoms with van der Waals surface area (Å²) in [5.74, 6) is 0.829. The largest absolute Gasteiger partial charge is 0.494 e. The number of amides is 1. The van der Waals surface area contributed by atoms with Gasteiger partial charge in [0.1, 0.15) is 10.8 Å². The first-order valence-corrected chi connectivity index (χ1v) is 9.37. The first-order chi connectivity index (χ1) is 11.7. The van der Waals surface area contributed by atoms with Crippen LogP contribution in [0.5, 0.6) is 5.75 Å². The summed E-state index contributed by atoms with van der Waals surface area (Å²) in [6.45, 7) is 4.79. The highest BCUT2D eigenvalue weighted by Gasteiger charge is 2.08. The van der Waals surface area contributed by atoms with E-state index in [1.165, 1.54) is 24.2 Å². The smallest absolute Gasteiger partial charge is 0.226 e. The summed E-state index contributed by atoms with van der Waals surface area (Å²) in [7, 11) is 0. The number of aromatic nitrogens is 2. The van der Waals surface area contributed by atoms with Crippen LogP contribution in [0.1, 0.15) is 50.1 Å². The lowest BCUT2D eigenvalue weighted by Gasteiger charge is -2.05. The minimum atomic E-state index is -0.0276. The van der Waals surface area contributed by atoms with Crippen molar-refractivity contribution in [1.82, 2.24) is 10.2 Å². The van der Waals surface area contributed by atoms with Gasteiger partial charge >= 0.3 is 0 Å². The van der Waals surface area contributed by atoms with E-state index in [4.69, 9.17) is 4.74 Å². The predicted octanol–water partition coefficient (Wildman–Crippen LogP) is 4.24. The number of nitrogens with one attached hydrogen (secondary N) is 1. The Balaban J connectivity index is 1.74. The van der Waals surface area contributed by atoms with Crippen LogP contribution in [-0.2, 0) is 17.6 Å². The number of rotatable bonds is 10. The number of unbranched alkanes of at least 4 members (excludes halogenated alkanes) is 2. The number of ether oxygens (including phenoxy) is 1. The molecule has 0 aliphatic carbocycles. The lowest BCUT2D eigenvalue weighted by atomic mass is 10.1. The summed E-state index contributed by atoms with van der Waals surface area (Å²) in [4.78, 5) is 12.0. The third kappa shape index (κ3) is 6.28. The van der Waals surface area contributed by atoms with Gasteiger partial charge in [-0.05, 0) is 37.5 Å². The van der Waals surface area contributed by atoms with Crippen LogP contribution in [0.15, 0.2) is 24.3 Å². The Labute approximate surface area is 147 Å². The lowest BCUT2D eigenvalue weighted by Crippen LogP contribution is -2.12. The highest BCUT2D eigenvalue weighted by Crippen LogP contribution is 2.18. The van der Waals surface area contributed by atoms with Crippen molar-refractivity contribution in [2.75, 3.05) is 11.9 Å². The van der Waals surface area contributed by atoms with Crippen LogP contribution in [0.4, 0.5) is 5.13 Å². The van der Waals surface area contributed by atoms with Crippen LogP contribution in [0.25, 0.3) is 0 Å². The summed E-state index contributed by atoms with van der Waals surface area (Å²) in [5.41, 5.74) is 1.12. The number of anilines is 1. The molecule has 0 aliphatic rings. The van der Waals surface area contributed by atoms with Crippen molar-refractivity contribution >= 4 is 22.4 Å². The van der Waals surface area contributed by atoms with Gasteiger partial charge in [-0.3, -0.25) is 4.79 Å². The molecule has 2 aromatic rings. The van der Waals surface area contributed by atoms with Crippen molar-refractivity contribution in [3.8, 4) is 5.75 Å². The lowest BCUT2D eigenvalue weighted by molar-refractivity contribution is -0.116. The average Bonchev–Trinajstić information content (AvgIpc) is 3.02. The normalized spacial score (nSPS) is 10.6. The monoisotopic (exact) mass is 347 g/mol. The van der Waals surface area contributed by atoms with Crippen LogP contribution in [0.2, 0.25) is 0 Å². The number of carbonyl (C=O) groups is 1. The van der Waals surface area contributed by atoms with E-state index in [2.05, 4.69) is 22.4 Å². The van der Waals surface area contributed by atoms with Crippen LogP contribution >= 0.6 is 11.3 Å². The zero-order valence-electron chi connectivity index (χ0n) is 14.4. The van der Waals surface area contributed by atoms with E-state index in [1.807, 2.05) is 31.2 Å². The van der Waals surface area contributed by atoms with Crippen molar-refractivity contribution in [1.29, 1.82) is 0 Å². The molecule has 0 saturated heterocycles. The highest BCUT2D eigenvalue weighted by atomic mass is 32.1. The van der Waals surface area contributed by atoms with Crippen LogP contribution in [0.3, 0.4) is 0 Å². The molecule has 1 N–H and O–H groups in total. The molecule has 0 radical (unpaired) electrons. The zero-order valence-corrected chi connectivity index (χ0v) is 15.2. The summed E-state index contributed by atoms with van der Waals surface area (Å²) in [6.07, 6.45) is 5.57. The summed E-state index contributed by atoms with van der Waals surface area (Å²) in [6, 6.07) is 7.86. The van der Waals surface area contributed by atoms with E-state index in [1.54, 1.807) is 0 Å². The highest BCUT2D eigenvalue weighted by molar-refractivity contribution is 7.15. The molecule has 1 heterocycles. The molecule has 0 aliphatic heterocycles. The van der Waals surface area contributed by atoms with Gasteiger partial charge in [0.05, 0.1) is 6.61 Å². The Bertz CT molecular complexity index is 625. The standard InChI is InChI=1S/C18H25N3O2S/c1-3-5-6-7-17-20-21-18(24-17)19-16(22)13-10-14-8-11-15(12-9-14)23-4-2/h8-9,11-12H,3-7,10,13H2,1-2H3,(H,19,21,22). The van der Waals surface area contributed by atoms with Gasteiger partial charge in [-0.2, -0.15) is 0 Å². The molecule has 0 atom stereocenters. The van der Waals surface area contributed by atoms with Crippen molar-refractivity contribution in [3.63, 3.8) is 0 Å². The third-order valence-electron chi connectivity index (χ3n) is 3.58. The fraction of sp³-hybridized carbons (Fsp3) is 0.500. The van der Waals surface area contributed by atoms with Gasteiger partial charge < -0.3 is 10.1 Å². The number of aryl methyl sites for hydroxylation is 2. The average molecular weight is 347 g/mol. The number of carbonyl (C=O) groups excluding carboxylic acids is 1. The van der Waals surface area contributed by atoms with E-state index in [0.717, 1.165) is 29.2 Å². The molecule has 1 aromatic carbocycles. The molecule has 0 fully saturated rings. The molecule has 2 rings (SSSR count). The quantitative estimate of drug-likeness (QED) is 0.653. The van der Waals surface area contributed by atoms with Crippen LogP contribution in [0, 0.1) is 0 Å². The number of benzene rings is 1. The number of hydrogen-bond donors (Lipinski definition) is 1. The van der Waals surface area contributed by atoms with E-state index >= 15 is 0 Å². The van der Waals surface area contributed by atoms with Gasteiger partial charge in [-0.15, -0.1) is 10.2 Å². The van der Waals surface area contributed by atoms with Gasteiger partial charge in [-0.1, -0.05) is 43.2 Å². The molecule has 0 bridgehead atoms. The fourth-order valence-corrected chi connectivity index (χ4v) is 3.09. The molecule has 0 saturated carbocycles. The molecular weight excluding hydrogens is 322 g/mol. The second kappa shape index (κ2) is 10.0. The van der Waals surface area contributed by atoms with Crippen LogP contribution in [-0.4, -0.2) is 22.7 Å². The first kappa shape index (κ1) is 18.4. The van der Waals surface area contributed by atoms with Crippen molar-refractivity contribution in [3.05, 3.63) is 34.8 Å². The summed E-state index contributed by atoms with van der Waals surface area (Å²) >= 11 is 1.47. The molecule has 5 nitrogen and oxygen atoms in total. The Kier molecular flexibility index (Phi) is 7.68. The van der Waals surface area contributed by atoms with Gasteiger partial charge in [0.25, 0.3) is 0 Å². The molecule has 1 amide bonds. The van der Waals surface area contributed by atoms with Crippen molar-refractivity contribution in [2.45, 2.75) is 52.4 Å². The summed E-state index contributed by atoms with van der Waals surface area (Å²) < 4.78 is 5.41. The Morgan fingerprint density at radius 2 is 1.92 bits per heavy atom. The Hall–Kier alpha value is -1.95. The maximum Gasteiger partial charge on any atom is 0.226 e. The Morgan fingerprint density at radius 3 is 2.62 bits per heavy atom. The summed E-state index contributed by atoms with van der Waals surface area (Å²) in [5, 5.41) is 12.6. The van der Waals surface area contributed by atoms with Gasteiger partial charge in [0.15, 0.2) is 0 Å². The molecule has 24 heavy (non-hydrogen) atoms. The van der Waals surface area contributed by atoms with E-state index < -0.39 is 0 Å². The predicted molar refractivity (Wildman–Crippen MR) is 97.7 cm³/mol. The van der Waals surface area contributed by atoms with Gasteiger partial charge in [-0.25, -0.2) is 0 Å². The minimum absolute atomic E-state index is 0.0276. The minimum Gasteiger partial charge on any atom is -0.494 e. The topological polar surface area (TPSA) is 64.1 Å². The van der Waals surface area contributed by atoms with Gasteiger partial charge in [0, 0.05) is 12.8 Å². The van der Waals surface area contributed by atoms with Gasteiger partial charge in [0.2, 0.25) is 11.0 Å². The fourth-order valence-electron chi connectivity index (χ4n) is 2.29. The second-order valence-corrected chi connectivity index (χ2v) is 6.65.